The fraction of sp³-hybridized carbons (Fsp3) is 0.417. The molecule has 1 aromatic rings. The average molecular weight is 223 g/mol. The van der Waals surface area contributed by atoms with Crippen molar-refractivity contribution in [2.24, 2.45) is 0 Å². The summed E-state index contributed by atoms with van der Waals surface area (Å²) in [6.45, 7) is 3.81. The molecule has 1 rings (SSSR count). The molecule has 0 amide bonds. The highest BCUT2D eigenvalue weighted by molar-refractivity contribution is 5.91. The van der Waals surface area contributed by atoms with Crippen LogP contribution in [-0.2, 0) is 4.74 Å². The Kier molecular flexibility index (Phi) is 4.17. The molecule has 0 spiro atoms. The maximum absolute atomic E-state index is 11.6. The van der Waals surface area contributed by atoms with E-state index in [0.717, 1.165) is 6.42 Å². The summed E-state index contributed by atoms with van der Waals surface area (Å²) in [7, 11) is 1.53. The Morgan fingerprint density at radius 1 is 1.50 bits per heavy atom. The summed E-state index contributed by atoms with van der Waals surface area (Å²) in [5, 5.41) is 0. The number of nitrogen functional groups attached to an aromatic ring is 1. The van der Waals surface area contributed by atoms with Crippen molar-refractivity contribution in [1.29, 1.82) is 0 Å². The van der Waals surface area contributed by atoms with Gasteiger partial charge in [0.15, 0.2) is 0 Å². The first kappa shape index (κ1) is 12.4. The molecule has 0 radical (unpaired) electrons. The van der Waals surface area contributed by atoms with Crippen molar-refractivity contribution in [3.63, 3.8) is 0 Å². The monoisotopic (exact) mass is 223 g/mol. The van der Waals surface area contributed by atoms with Gasteiger partial charge in [0.25, 0.3) is 0 Å². The van der Waals surface area contributed by atoms with Gasteiger partial charge in [-0.25, -0.2) is 4.79 Å². The van der Waals surface area contributed by atoms with Crippen LogP contribution in [0.4, 0.5) is 5.69 Å². The first-order valence-electron chi connectivity index (χ1n) is 5.23. The van der Waals surface area contributed by atoms with Crippen LogP contribution < -0.4 is 10.5 Å². The number of anilines is 1. The van der Waals surface area contributed by atoms with E-state index in [-0.39, 0.29) is 12.1 Å². The average Bonchev–Trinajstić information content (AvgIpc) is 2.28. The number of hydrogen-bond donors (Lipinski definition) is 1. The zero-order valence-electron chi connectivity index (χ0n) is 9.82. The van der Waals surface area contributed by atoms with Crippen LogP contribution in [0.1, 0.15) is 30.6 Å². The molecular formula is C12H17NO3. The molecule has 16 heavy (non-hydrogen) atoms. The fourth-order valence-electron chi connectivity index (χ4n) is 1.20. The van der Waals surface area contributed by atoms with Gasteiger partial charge >= 0.3 is 5.97 Å². The van der Waals surface area contributed by atoms with E-state index in [2.05, 4.69) is 0 Å². The van der Waals surface area contributed by atoms with Crippen molar-refractivity contribution in [3.05, 3.63) is 23.8 Å². The van der Waals surface area contributed by atoms with E-state index in [4.69, 9.17) is 15.2 Å². The minimum atomic E-state index is -0.358. The summed E-state index contributed by atoms with van der Waals surface area (Å²) < 4.78 is 10.2. The van der Waals surface area contributed by atoms with Gasteiger partial charge < -0.3 is 15.2 Å². The number of carbonyl (C=O) groups is 1. The number of nitrogens with two attached hydrogens (primary N) is 1. The molecule has 0 fully saturated rings. The summed E-state index contributed by atoms with van der Waals surface area (Å²) in [5.41, 5.74) is 6.57. The number of ether oxygens (including phenoxy) is 2. The van der Waals surface area contributed by atoms with Crippen LogP contribution in [0.15, 0.2) is 18.2 Å². The van der Waals surface area contributed by atoms with Gasteiger partial charge in [0.1, 0.15) is 5.75 Å². The summed E-state index contributed by atoms with van der Waals surface area (Å²) in [6.07, 6.45) is 0.702. The zero-order chi connectivity index (χ0) is 12.1. The largest absolute Gasteiger partial charge is 0.495 e. The van der Waals surface area contributed by atoms with Gasteiger partial charge in [-0.1, -0.05) is 6.92 Å². The first-order valence-corrected chi connectivity index (χ1v) is 5.23. The predicted octanol–water partition coefficient (Wildman–Crippen LogP) is 2.23. The molecule has 4 nitrogen and oxygen atoms in total. The molecule has 88 valence electrons. The van der Waals surface area contributed by atoms with E-state index in [9.17, 15) is 4.79 Å². The lowest BCUT2D eigenvalue weighted by molar-refractivity contribution is 0.0334. The number of methoxy groups -OCH3 is 1. The molecule has 0 bridgehead atoms. The molecule has 1 unspecified atom stereocenters. The van der Waals surface area contributed by atoms with Crippen LogP contribution in [0.5, 0.6) is 5.75 Å². The lowest BCUT2D eigenvalue weighted by Crippen LogP contribution is -2.14. The topological polar surface area (TPSA) is 61.5 Å². The Hall–Kier alpha value is -1.71. The number of hydrogen-bond acceptors (Lipinski definition) is 4. The van der Waals surface area contributed by atoms with Gasteiger partial charge in [0.05, 0.1) is 24.5 Å². The van der Waals surface area contributed by atoms with Crippen LogP contribution in [-0.4, -0.2) is 19.2 Å². The lowest BCUT2D eigenvalue weighted by atomic mass is 10.2. The molecule has 0 saturated heterocycles. The van der Waals surface area contributed by atoms with Crippen LogP contribution >= 0.6 is 0 Å². The number of benzene rings is 1. The Balaban J connectivity index is 2.81. The third-order valence-electron chi connectivity index (χ3n) is 2.35. The second-order valence-electron chi connectivity index (χ2n) is 3.58. The molecular weight excluding hydrogens is 206 g/mol. The highest BCUT2D eigenvalue weighted by atomic mass is 16.5. The molecule has 0 aliphatic carbocycles. The third kappa shape index (κ3) is 2.89. The van der Waals surface area contributed by atoms with Gasteiger partial charge in [-0.2, -0.15) is 0 Å². The molecule has 0 aromatic heterocycles. The van der Waals surface area contributed by atoms with Crippen LogP contribution in [0.3, 0.4) is 0 Å². The summed E-state index contributed by atoms with van der Waals surface area (Å²) in [4.78, 5) is 11.6. The standard InChI is InChI=1S/C12H17NO3/c1-4-8(2)16-12(14)9-5-6-11(15-3)10(13)7-9/h5-8H,4,13H2,1-3H3. The van der Waals surface area contributed by atoms with E-state index in [1.165, 1.54) is 7.11 Å². The van der Waals surface area contributed by atoms with Crippen molar-refractivity contribution in [2.45, 2.75) is 26.4 Å². The van der Waals surface area contributed by atoms with Crippen LogP contribution in [0, 0.1) is 0 Å². The van der Waals surface area contributed by atoms with Crippen molar-refractivity contribution in [3.8, 4) is 5.75 Å². The van der Waals surface area contributed by atoms with Crippen molar-refractivity contribution in [1.82, 2.24) is 0 Å². The van der Waals surface area contributed by atoms with Crippen LogP contribution in [0.2, 0.25) is 0 Å². The number of rotatable bonds is 4. The van der Waals surface area contributed by atoms with Crippen molar-refractivity contribution >= 4 is 11.7 Å². The van der Waals surface area contributed by atoms with E-state index in [1.807, 2.05) is 13.8 Å². The Labute approximate surface area is 95.3 Å². The zero-order valence-corrected chi connectivity index (χ0v) is 9.82. The van der Waals surface area contributed by atoms with Gasteiger partial charge in [-0.15, -0.1) is 0 Å². The van der Waals surface area contributed by atoms with E-state index >= 15 is 0 Å². The maximum atomic E-state index is 11.6. The first-order chi connectivity index (χ1) is 7.58. The highest BCUT2D eigenvalue weighted by Crippen LogP contribution is 2.22. The van der Waals surface area contributed by atoms with E-state index < -0.39 is 0 Å². The molecule has 4 heteroatoms. The maximum Gasteiger partial charge on any atom is 0.338 e. The quantitative estimate of drug-likeness (QED) is 0.628. The molecule has 2 N–H and O–H groups in total. The lowest BCUT2D eigenvalue weighted by Gasteiger charge is -2.11. The Morgan fingerprint density at radius 3 is 2.69 bits per heavy atom. The predicted molar refractivity (Wildman–Crippen MR) is 62.6 cm³/mol. The SMILES string of the molecule is CCC(C)OC(=O)c1ccc(OC)c(N)c1. The fourth-order valence-corrected chi connectivity index (χ4v) is 1.20. The second-order valence-corrected chi connectivity index (χ2v) is 3.58. The van der Waals surface area contributed by atoms with Gasteiger partial charge in [0, 0.05) is 0 Å². The van der Waals surface area contributed by atoms with Gasteiger partial charge in [-0.3, -0.25) is 0 Å². The highest BCUT2D eigenvalue weighted by Gasteiger charge is 2.12. The summed E-state index contributed by atoms with van der Waals surface area (Å²) >= 11 is 0. The second kappa shape index (κ2) is 5.39. The number of esters is 1. The normalized spacial score (nSPS) is 11.9. The minimum absolute atomic E-state index is 0.0872. The Morgan fingerprint density at radius 2 is 2.19 bits per heavy atom. The van der Waals surface area contributed by atoms with Gasteiger partial charge in [-0.05, 0) is 31.5 Å². The smallest absolute Gasteiger partial charge is 0.338 e. The van der Waals surface area contributed by atoms with E-state index in [1.54, 1.807) is 18.2 Å². The molecule has 0 saturated carbocycles. The van der Waals surface area contributed by atoms with E-state index in [0.29, 0.717) is 17.0 Å². The summed E-state index contributed by atoms with van der Waals surface area (Å²) in [6, 6.07) is 4.85. The molecule has 0 aliphatic rings. The molecule has 0 heterocycles. The minimum Gasteiger partial charge on any atom is -0.495 e. The summed E-state index contributed by atoms with van der Waals surface area (Å²) in [5.74, 6) is 0.198. The van der Waals surface area contributed by atoms with Crippen LogP contribution in [0.25, 0.3) is 0 Å². The molecule has 1 atom stereocenters. The number of carbonyl (C=O) groups excluding carboxylic acids is 1. The molecule has 1 aromatic carbocycles. The Bertz CT molecular complexity index is 377. The van der Waals surface area contributed by atoms with Crippen molar-refractivity contribution < 1.29 is 14.3 Å². The third-order valence-corrected chi connectivity index (χ3v) is 2.35. The van der Waals surface area contributed by atoms with Crippen molar-refractivity contribution in [2.75, 3.05) is 12.8 Å². The molecule has 0 aliphatic heterocycles. The van der Waals surface area contributed by atoms with Gasteiger partial charge in [0.2, 0.25) is 0 Å².